The van der Waals surface area contributed by atoms with Crippen molar-refractivity contribution >= 4 is 5.97 Å². The second-order valence-corrected chi connectivity index (χ2v) is 4.57. The van der Waals surface area contributed by atoms with E-state index < -0.39 is 0 Å². The number of unbranched alkanes of at least 4 members (excludes halogenated alkanes) is 3. The second-order valence-electron chi connectivity index (χ2n) is 4.57. The van der Waals surface area contributed by atoms with Crippen LogP contribution in [0.25, 0.3) is 0 Å². The van der Waals surface area contributed by atoms with Gasteiger partial charge in [-0.25, -0.2) is 0 Å². The Hall–Kier alpha value is -1.57. The van der Waals surface area contributed by atoms with Gasteiger partial charge in [0.15, 0.2) is 0 Å². The van der Waals surface area contributed by atoms with Gasteiger partial charge in [-0.05, 0) is 38.2 Å². The zero-order chi connectivity index (χ0) is 13.8. The summed E-state index contributed by atoms with van der Waals surface area (Å²) in [5.41, 5.74) is 1.35. The highest BCUT2D eigenvalue weighted by Gasteiger charge is 1.99. The largest absolute Gasteiger partial charge is 0.466 e. The number of carbonyl (C=O) groups is 1. The Balaban J connectivity index is 1.97. The van der Waals surface area contributed by atoms with Gasteiger partial charge in [-0.2, -0.15) is 0 Å². The molecule has 2 nitrogen and oxygen atoms in total. The van der Waals surface area contributed by atoms with Crippen molar-refractivity contribution in [1.82, 2.24) is 0 Å². The van der Waals surface area contributed by atoms with Crippen molar-refractivity contribution in [3.05, 3.63) is 48.0 Å². The molecule has 0 amide bonds. The van der Waals surface area contributed by atoms with Crippen molar-refractivity contribution in [2.75, 3.05) is 6.61 Å². The molecule has 0 fully saturated rings. The lowest BCUT2D eigenvalue weighted by atomic mass is 10.1. The van der Waals surface area contributed by atoms with Gasteiger partial charge in [-0.3, -0.25) is 4.79 Å². The third-order valence-electron chi connectivity index (χ3n) is 2.92. The molecule has 104 valence electrons. The number of carbonyl (C=O) groups excluding carboxylic acids is 1. The van der Waals surface area contributed by atoms with Crippen LogP contribution in [0.15, 0.2) is 42.5 Å². The Morgan fingerprint density at radius 1 is 1.11 bits per heavy atom. The Morgan fingerprint density at radius 2 is 1.89 bits per heavy atom. The van der Waals surface area contributed by atoms with Crippen molar-refractivity contribution in [1.29, 1.82) is 0 Å². The lowest BCUT2D eigenvalue weighted by Gasteiger charge is -2.00. The van der Waals surface area contributed by atoms with Crippen LogP contribution in [0.1, 0.15) is 44.6 Å². The standard InChI is InChI=1S/C17H24O2/c1-2-19-17(18)15-11-6-4-3-5-8-12-16-13-9-7-10-14-16/h5,7-10,13-14H,2-4,6,11-12,15H2,1H3/b8-5-. The minimum atomic E-state index is -0.0675. The van der Waals surface area contributed by atoms with E-state index in [9.17, 15) is 4.79 Å². The molecule has 19 heavy (non-hydrogen) atoms. The first kappa shape index (κ1) is 15.5. The average Bonchev–Trinajstić information content (AvgIpc) is 2.43. The third-order valence-corrected chi connectivity index (χ3v) is 2.92. The zero-order valence-corrected chi connectivity index (χ0v) is 11.8. The molecule has 0 heterocycles. The molecule has 2 heteroatoms. The van der Waals surface area contributed by atoms with Crippen molar-refractivity contribution < 1.29 is 9.53 Å². The summed E-state index contributed by atoms with van der Waals surface area (Å²) in [7, 11) is 0. The van der Waals surface area contributed by atoms with Crippen molar-refractivity contribution in [3.63, 3.8) is 0 Å². The molecular formula is C17H24O2. The number of esters is 1. The molecule has 1 aromatic rings. The molecule has 0 aliphatic carbocycles. The molecule has 1 rings (SSSR count). The summed E-state index contributed by atoms with van der Waals surface area (Å²) in [5.74, 6) is -0.0675. The maximum atomic E-state index is 11.1. The van der Waals surface area contributed by atoms with Gasteiger partial charge in [0.1, 0.15) is 0 Å². The molecule has 0 unspecified atom stereocenters. The molecule has 0 aliphatic rings. The van der Waals surface area contributed by atoms with Crippen molar-refractivity contribution in [2.24, 2.45) is 0 Å². The molecule has 0 bridgehead atoms. The molecule has 0 aliphatic heterocycles. The number of allylic oxidation sites excluding steroid dienone is 2. The first-order valence-corrected chi connectivity index (χ1v) is 7.17. The van der Waals surface area contributed by atoms with Gasteiger partial charge < -0.3 is 4.74 Å². The van der Waals surface area contributed by atoms with E-state index in [1.165, 1.54) is 5.56 Å². The van der Waals surface area contributed by atoms with Gasteiger partial charge in [0.05, 0.1) is 6.61 Å². The summed E-state index contributed by atoms with van der Waals surface area (Å²) < 4.78 is 4.88. The second kappa shape index (κ2) is 10.4. The van der Waals surface area contributed by atoms with Gasteiger partial charge in [0.2, 0.25) is 0 Å². The molecular weight excluding hydrogens is 236 g/mol. The highest BCUT2D eigenvalue weighted by atomic mass is 16.5. The van der Waals surface area contributed by atoms with Gasteiger partial charge in [-0.1, -0.05) is 48.9 Å². The van der Waals surface area contributed by atoms with Crippen LogP contribution in [0.3, 0.4) is 0 Å². The van der Waals surface area contributed by atoms with Crippen LogP contribution in [0.4, 0.5) is 0 Å². The maximum Gasteiger partial charge on any atom is 0.305 e. The predicted molar refractivity (Wildman–Crippen MR) is 79.0 cm³/mol. The van der Waals surface area contributed by atoms with E-state index in [-0.39, 0.29) is 5.97 Å². The highest BCUT2D eigenvalue weighted by molar-refractivity contribution is 5.69. The molecule has 0 atom stereocenters. The Morgan fingerprint density at radius 3 is 2.63 bits per heavy atom. The van der Waals surface area contributed by atoms with Crippen LogP contribution in [-0.4, -0.2) is 12.6 Å². The zero-order valence-electron chi connectivity index (χ0n) is 11.8. The fourth-order valence-corrected chi connectivity index (χ4v) is 1.89. The Labute approximate surface area is 116 Å². The monoisotopic (exact) mass is 260 g/mol. The topological polar surface area (TPSA) is 26.3 Å². The lowest BCUT2D eigenvalue weighted by molar-refractivity contribution is -0.143. The van der Waals surface area contributed by atoms with E-state index in [4.69, 9.17) is 4.74 Å². The molecule has 0 saturated carbocycles. The quantitative estimate of drug-likeness (QED) is 0.376. The molecule has 0 aromatic heterocycles. The van der Waals surface area contributed by atoms with Crippen LogP contribution in [0.2, 0.25) is 0 Å². The predicted octanol–water partition coefficient (Wildman–Crippen LogP) is 4.30. The van der Waals surface area contributed by atoms with Crippen molar-refractivity contribution in [3.8, 4) is 0 Å². The summed E-state index contributed by atoms with van der Waals surface area (Å²) >= 11 is 0. The highest BCUT2D eigenvalue weighted by Crippen LogP contribution is 2.06. The van der Waals surface area contributed by atoms with E-state index in [0.29, 0.717) is 13.0 Å². The summed E-state index contributed by atoms with van der Waals surface area (Å²) in [6.45, 7) is 2.33. The van der Waals surface area contributed by atoms with E-state index in [1.54, 1.807) is 0 Å². The lowest BCUT2D eigenvalue weighted by Crippen LogP contribution is -2.02. The van der Waals surface area contributed by atoms with Gasteiger partial charge >= 0.3 is 5.97 Å². The van der Waals surface area contributed by atoms with E-state index >= 15 is 0 Å². The van der Waals surface area contributed by atoms with E-state index in [2.05, 4.69) is 36.4 Å². The summed E-state index contributed by atoms with van der Waals surface area (Å²) in [6, 6.07) is 10.5. The third kappa shape index (κ3) is 8.20. The van der Waals surface area contributed by atoms with Gasteiger partial charge in [-0.15, -0.1) is 0 Å². The van der Waals surface area contributed by atoms with Crippen LogP contribution in [0.5, 0.6) is 0 Å². The minimum absolute atomic E-state index is 0.0675. The fourth-order valence-electron chi connectivity index (χ4n) is 1.89. The molecule has 0 spiro atoms. The molecule has 0 radical (unpaired) electrons. The molecule has 1 aromatic carbocycles. The fraction of sp³-hybridized carbons (Fsp3) is 0.471. The number of hydrogen-bond donors (Lipinski definition) is 0. The van der Waals surface area contributed by atoms with Crippen molar-refractivity contribution in [2.45, 2.75) is 45.4 Å². The average molecular weight is 260 g/mol. The summed E-state index contributed by atoms with van der Waals surface area (Å²) in [5, 5.41) is 0. The maximum absolute atomic E-state index is 11.1. The Bertz CT molecular complexity index is 368. The van der Waals surface area contributed by atoms with Crippen LogP contribution < -0.4 is 0 Å². The smallest absolute Gasteiger partial charge is 0.305 e. The number of hydrogen-bond acceptors (Lipinski definition) is 2. The molecule has 0 N–H and O–H groups in total. The van der Waals surface area contributed by atoms with Crippen LogP contribution in [0, 0.1) is 0 Å². The van der Waals surface area contributed by atoms with Gasteiger partial charge in [0, 0.05) is 6.42 Å². The summed E-state index contributed by atoms with van der Waals surface area (Å²) in [4.78, 5) is 11.1. The number of benzene rings is 1. The number of ether oxygens (including phenoxy) is 1. The van der Waals surface area contributed by atoms with E-state index in [0.717, 1.165) is 32.1 Å². The first-order valence-electron chi connectivity index (χ1n) is 7.17. The van der Waals surface area contributed by atoms with Crippen LogP contribution >= 0.6 is 0 Å². The minimum Gasteiger partial charge on any atom is -0.466 e. The SMILES string of the molecule is CCOC(=O)CCCCC/C=C\Cc1ccccc1. The normalized spacial score (nSPS) is 10.8. The van der Waals surface area contributed by atoms with E-state index in [1.807, 2.05) is 13.0 Å². The number of rotatable bonds is 9. The van der Waals surface area contributed by atoms with Gasteiger partial charge in [0.25, 0.3) is 0 Å². The Kier molecular flexibility index (Phi) is 8.45. The van der Waals surface area contributed by atoms with Crippen LogP contribution in [-0.2, 0) is 16.0 Å². The molecule has 0 saturated heterocycles. The first-order chi connectivity index (χ1) is 9.33. The summed E-state index contributed by atoms with van der Waals surface area (Å²) in [6.07, 6.45) is 10.3.